The standard InChI is InChI=1S/C24H31FN2O3/c1-5-14-26-24(29)18(4)27(15-19-6-10-21(25)11-7-19)23(28)16-30-22-12-8-20(9-13-22)17(2)3/h6-13,17-18H,5,14-16H2,1-4H3,(H,26,29). The molecule has 0 bridgehead atoms. The molecule has 6 heteroatoms. The second-order valence-electron chi connectivity index (χ2n) is 7.63. The van der Waals surface area contributed by atoms with E-state index in [2.05, 4.69) is 19.2 Å². The van der Waals surface area contributed by atoms with Crippen LogP contribution in [0.25, 0.3) is 0 Å². The van der Waals surface area contributed by atoms with Gasteiger partial charge in [-0.1, -0.05) is 45.0 Å². The Balaban J connectivity index is 2.09. The van der Waals surface area contributed by atoms with E-state index in [1.54, 1.807) is 19.1 Å². The Hall–Kier alpha value is -2.89. The second-order valence-corrected chi connectivity index (χ2v) is 7.63. The normalized spacial score (nSPS) is 11.8. The molecule has 0 aliphatic rings. The SMILES string of the molecule is CCCNC(=O)C(C)N(Cc1ccc(F)cc1)C(=O)COc1ccc(C(C)C)cc1. The molecular formula is C24H31FN2O3. The van der Waals surface area contributed by atoms with Crippen LogP contribution in [0.3, 0.4) is 0 Å². The van der Waals surface area contributed by atoms with Gasteiger partial charge in [-0.05, 0) is 54.7 Å². The first-order valence-electron chi connectivity index (χ1n) is 10.4. The van der Waals surface area contributed by atoms with Gasteiger partial charge in [-0.3, -0.25) is 9.59 Å². The molecule has 2 amide bonds. The first-order chi connectivity index (χ1) is 14.3. The summed E-state index contributed by atoms with van der Waals surface area (Å²) in [7, 11) is 0. The van der Waals surface area contributed by atoms with Crippen molar-refractivity contribution in [2.45, 2.75) is 52.6 Å². The molecule has 0 spiro atoms. The fourth-order valence-electron chi connectivity index (χ4n) is 2.94. The molecule has 5 nitrogen and oxygen atoms in total. The number of ether oxygens (including phenoxy) is 1. The molecule has 0 aromatic heterocycles. The largest absolute Gasteiger partial charge is 0.484 e. The maximum absolute atomic E-state index is 13.2. The van der Waals surface area contributed by atoms with Crippen molar-refractivity contribution in [3.05, 3.63) is 65.5 Å². The average molecular weight is 415 g/mol. The molecule has 1 unspecified atom stereocenters. The van der Waals surface area contributed by atoms with Gasteiger partial charge in [-0.25, -0.2) is 4.39 Å². The number of nitrogens with zero attached hydrogens (tertiary/aromatic N) is 1. The van der Waals surface area contributed by atoms with Gasteiger partial charge in [0.25, 0.3) is 5.91 Å². The van der Waals surface area contributed by atoms with E-state index in [4.69, 9.17) is 4.74 Å². The summed E-state index contributed by atoms with van der Waals surface area (Å²) in [6, 6.07) is 12.8. The lowest BCUT2D eigenvalue weighted by Gasteiger charge is -2.28. The summed E-state index contributed by atoms with van der Waals surface area (Å²) in [5.41, 5.74) is 1.93. The maximum Gasteiger partial charge on any atom is 0.261 e. The monoisotopic (exact) mass is 414 g/mol. The molecule has 30 heavy (non-hydrogen) atoms. The molecule has 2 rings (SSSR count). The molecule has 0 aliphatic heterocycles. The number of carbonyl (C=O) groups excluding carboxylic acids is 2. The zero-order valence-electron chi connectivity index (χ0n) is 18.2. The van der Waals surface area contributed by atoms with Gasteiger partial charge in [0.05, 0.1) is 0 Å². The van der Waals surface area contributed by atoms with Crippen LogP contribution >= 0.6 is 0 Å². The van der Waals surface area contributed by atoms with E-state index in [0.29, 0.717) is 18.2 Å². The highest BCUT2D eigenvalue weighted by atomic mass is 19.1. The molecular weight excluding hydrogens is 383 g/mol. The van der Waals surface area contributed by atoms with E-state index in [0.717, 1.165) is 12.0 Å². The van der Waals surface area contributed by atoms with Crippen molar-refractivity contribution in [1.82, 2.24) is 10.2 Å². The van der Waals surface area contributed by atoms with E-state index >= 15 is 0 Å². The Labute approximate surface area is 178 Å². The lowest BCUT2D eigenvalue weighted by atomic mass is 10.0. The van der Waals surface area contributed by atoms with Gasteiger partial charge in [0.2, 0.25) is 5.91 Å². The predicted octanol–water partition coefficient (Wildman–Crippen LogP) is 4.27. The molecule has 1 atom stereocenters. The average Bonchev–Trinajstić information content (AvgIpc) is 2.75. The molecule has 162 valence electrons. The van der Waals surface area contributed by atoms with Crippen LogP contribution in [-0.2, 0) is 16.1 Å². The molecule has 0 fully saturated rings. The number of rotatable bonds is 10. The minimum atomic E-state index is -0.680. The summed E-state index contributed by atoms with van der Waals surface area (Å²) >= 11 is 0. The molecule has 0 heterocycles. The third kappa shape index (κ3) is 6.87. The fourth-order valence-corrected chi connectivity index (χ4v) is 2.94. The van der Waals surface area contributed by atoms with Crippen LogP contribution in [0.2, 0.25) is 0 Å². The van der Waals surface area contributed by atoms with E-state index in [1.165, 1.54) is 22.6 Å². The van der Waals surface area contributed by atoms with Gasteiger partial charge < -0.3 is 15.0 Å². The van der Waals surface area contributed by atoms with Crippen LogP contribution in [0, 0.1) is 5.82 Å². The molecule has 0 saturated heterocycles. The number of hydrogen-bond acceptors (Lipinski definition) is 3. The lowest BCUT2D eigenvalue weighted by molar-refractivity contribution is -0.142. The van der Waals surface area contributed by atoms with Gasteiger partial charge in [-0.2, -0.15) is 0 Å². The number of halogens is 1. The number of amides is 2. The van der Waals surface area contributed by atoms with Crippen molar-refractivity contribution in [2.75, 3.05) is 13.2 Å². The summed E-state index contributed by atoms with van der Waals surface area (Å²) in [6.45, 7) is 8.41. The van der Waals surface area contributed by atoms with Crippen molar-refractivity contribution in [2.24, 2.45) is 0 Å². The van der Waals surface area contributed by atoms with Crippen LogP contribution in [0.4, 0.5) is 4.39 Å². The molecule has 2 aromatic carbocycles. The van der Waals surface area contributed by atoms with Crippen molar-refractivity contribution < 1.29 is 18.7 Å². The molecule has 1 N–H and O–H groups in total. The quantitative estimate of drug-likeness (QED) is 0.632. The van der Waals surface area contributed by atoms with Crippen molar-refractivity contribution in [1.29, 1.82) is 0 Å². The summed E-state index contributed by atoms with van der Waals surface area (Å²) in [5, 5.41) is 2.82. The minimum Gasteiger partial charge on any atom is -0.484 e. The number of nitrogens with one attached hydrogen (secondary N) is 1. The van der Waals surface area contributed by atoms with Crippen LogP contribution in [0.5, 0.6) is 5.75 Å². The van der Waals surface area contributed by atoms with Gasteiger partial charge in [-0.15, -0.1) is 0 Å². The van der Waals surface area contributed by atoms with E-state index in [1.807, 2.05) is 31.2 Å². The number of carbonyl (C=O) groups is 2. The van der Waals surface area contributed by atoms with Gasteiger partial charge in [0.15, 0.2) is 6.61 Å². The van der Waals surface area contributed by atoms with Crippen LogP contribution in [0.15, 0.2) is 48.5 Å². The van der Waals surface area contributed by atoms with Crippen molar-refractivity contribution >= 4 is 11.8 Å². The third-order valence-corrected chi connectivity index (χ3v) is 4.89. The Kier molecular flexibility index (Phi) is 8.84. The van der Waals surface area contributed by atoms with E-state index < -0.39 is 6.04 Å². The molecule has 0 aliphatic carbocycles. The lowest BCUT2D eigenvalue weighted by Crippen LogP contribution is -2.49. The van der Waals surface area contributed by atoms with Gasteiger partial charge >= 0.3 is 0 Å². The van der Waals surface area contributed by atoms with Gasteiger partial charge in [0, 0.05) is 13.1 Å². The highest BCUT2D eigenvalue weighted by molar-refractivity contribution is 5.87. The Bertz CT molecular complexity index is 819. The fraction of sp³-hybridized carbons (Fsp3) is 0.417. The second kappa shape index (κ2) is 11.3. The molecule has 0 radical (unpaired) electrons. The Morgan fingerprint density at radius 2 is 1.67 bits per heavy atom. The first kappa shape index (κ1) is 23.4. The highest BCUT2D eigenvalue weighted by Crippen LogP contribution is 2.19. The van der Waals surface area contributed by atoms with Crippen LogP contribution < -0.4 is 10.1 Å². The number of benzene rings is 2. The van der Waals surface area contributed by atoms with Crippen molar-refractivity contribution in [3.8, 4) is 5.75 Å². The van der Waals surface area contributed by atoms with Crippen molar-refractivity contribution in [3.63, 3.8) is 0 Å². The maximum atomic E-state index is 13.2. The van der Waals surface area contributed by atoms with Crippen LogP contribution in [0.1, 0.15) is 51.2 Å². The smallest absolute Gasteiger partial charge is 0.261 e. The zero-order chi connectivity index (χ0) is 22.1. The number of hydrogen-bond donors (Lipinski definition) is 1. The van der Waals surface area contributed by atoms with Gasteiger partial charge in [0.1, 0.15) is 17.6 Å². The first-order valence-corrected chi connectivity index (χ1v) is 10.4. The zero-order valence-corrected chi connectivity index (χ0v) is 18.2. The minimum absolute atomic E-state index is 0.187. The van der Waals surface area contributed by atoms with Crippen LogP contribution in [-0.4, -0.2) is 35.9 Å². The van der Waals surface area contributed by atoms with E-state index in [9.17, 15) is 14.0 Å². The molecule has 0 saturated carbocycles. The molecule has 2 aromatic rings. The predicted molar refractivity (Wildman–Crippen MR) is 116 cm³/mol. The topological polar surface area (TPSA) is 58.6 Å². The highest BCUT2D eigenvalue weighted by Gasteiger charge is 2.26. The van der Waals surface area contributed by atoms with E-state index in [-0.39, 0.29) is 30.8 Å². The Morgan fingerprint density at radius 3 is 2.23 bits per heavy atom. The Morgan fingerprint density at radius 1 is 1.03 bits per heavy atom. The summed E-state index contributed by atoms with van der Waals surface area (Å²) < 4.78 is 18.9. The summed E-state index contributed by atoms with van der Waals surface area (Å²) in [4.78, 5) is 26.9. The summed E-state index contributed by atoms with van der Waals surface area (Å²) in [6.07, 6.45) is 0.805. The third-order valence-electron chi connectivity index (χ3n) is 4.89. The summed E-state index contributed by atoms with van der Waals surface area (Å²) in [5.74, 6) is 0.116.